The van der Waals surface area contributed by atoms with Crippen molar-refractivity contribution >= 4 is 33.0 Å². The Morgan fingerprint density at radius 3 is 2.53 bits per heavy atom. The molecule has 1 saturated heterocycles. The maximum absolute atomic E-state index is 11.8. The van der Waals surface area contributed by atoms with E-state index in [1.165, 1.54) is 0 Å². The van der Waals surface area contributed by atoms with E-state index in [0.717, 1.165) is 0 Å². The third-order valence-corrected chi connectivity index (χ3v) is 5.92. The van der Waals surface area contributed by atoms with Crippen LogP contribution in [-0.4, -0.2) is 36.9 Å². The van der Waals surface area contributed by atoms with Crippen molar-refractivity contribution in [1.29, 1.82) is 0 Å². The highest BCUT2D eigenvalue weighted by Crippen LogP contribution is 2.20. The van der Waals surface area contributed by atoms with Crippen LogP contribution in [-0.2, 0) is 14.6 Å². The van der Waals surface area contributed by atoms with E-state index < -0.39 is 20.5 Å². The first-order valence-electron chi connectivity index (χ1n) is 5.47. The van der Waals surface area contributed by atoms with Crippen LogP contribution >= 0.6 is 12.2 Å². The molecule has 1 atom stereocenters. The van der Waals surface area contributed by atoms with Gasteiger partial charge in [-0.15, -0.1) is 0 Å². The number of thiocarbonyl (C=S) groups is 1. The molecule has 0 aliphatic carbocycles. The lowest BCUT2D eigenvalue weighted by Gasteiger charge is -2.22. The van der Waals surface area contributed by atoms with Crippen LogP contribution < -0.4 is 11.1 Å². The Morgan fingerprint density at radius 2 is 2.12 bits per heavy atom. The molecule has 1 amide bonds. The van der Waals surface area contributed by atoms with E-state index in [1.807, 2.05) is 0 Å². The van der Waals surface area contributed by atoms with Gasteiger partial charge in [0, 0.05) is 6.54 Å². The van der Waals surface area contributed by atoms with Crippen LogP contribution in [0.2, 0.25) is 0 Å². The monoisotopic (exact) mass is 278 g/mol. The molecule has 0 spiro atoms. The van der Waals surface area contributed by atoms with Gasteiger partial charge in [0.25, 0.3) is 0 Å². The van der Waals surface area contributed by atoms with E-state index >= 15 is 0 Å². The molecule has 1 unspecified atom stereocenters. The zero-order valence-corrected chi connectivity index (χ0v) is 11.7. The SMILES string of the molecule is CC(C)(C(=O)NCC1CCCS1(=O)=O)C(N)=S. The molecule has 98 valence electrons. The maximum atomic E-state index is 11.8. The lowest BCUT2D eigenvalue weighted by atomic mass is 9.92. The number of carbonyl (C=O) groups is 1. The minimum absolute atomic E-state index is 0.101. The van der Waals surface area contributed by atoms with E-state index in [9.17, 15) is 13.2 Å². The van der Waals surface area contributed by atoms with E-state index in [1.54, 1.807) is 13.8 Å². The Hall–Kier alpha value is -0.690. The zero-order valence-electron chi connectivity index (χ0n) is 10.0. The standard InChI is InChI=1S/C10H18N2O3S2/c1-10(2,8(11)16)9(13)12-6-7-4-3-5-17(7,14)15/h7H,3-6H2,1-2H3,(H2,11,16)(H,12,13). The lowest BCUT2D eigenvalue weighted by molar-refractivity contribution is -0.126. The van der Waals surface area contributed by atoms with E-state index in [4.69, 9.17) is 18.0 Å². The summed E-state index contributed by atoms with van der Waals surface area (Å²) in [5.74, 6) is -0.112. The topological polar surface area (TPSA) is 89.3 Å². The molecule has 0 radical (unpaired) electrons. The summed E-state index contributed by atoms with van der Waals surface area (Å²) in [4.78, 5) is 11.9. The first-order chi connectivity index (χ1) is 7.68. The van der Waals surface area contributed by atoms with Crippen molar-refractivity contribution in [2.24, 2.45) is 11.1 Å². The molecular weight excluding hydrogens is 260 g/mol. The molecule has 5 nitrogen and oxygen atoms in total. The van der Waals surface area contributed by atoms with Crippen molar-refractivity contribution in [3.63, 3.8) is 0 Å². The highest BCUT2D eigenvalue weighted by molar-refractivity contribution is 7.92. The van der Waals surface area contributed by atoms with Crippen LogP contribution in [0.4, 0.5) is 0 Å². The molecule has 7 heteroatoms. The highest BCUT2D eigenvalue weighted by Gasteiger charge is 2.34. The van der Waals surface area contributed by atoms with E-state index in [2.05, 4.69) is 5.32 Å². The quantitative estimate of drug-likeness (QED) is 0.706. The van der Waals surface area contributed by atoms with Crippen molar-refractivity contribution in [2.75, 3.05) is 12.3 Å². The summed E-state index contributed by atoms with van der Waals surface area (Å²) in [5, 5.41) is 2.15. The molecule has 0 saturated carbocycles. The fourth-order valence-electron chi connectivity index (χ4n) is 1.63. The lowest BCUT2D eigenvalue weighted by Crippen LogP contribution is -2.47. The zero-order chi connectivity index (χ0) is 13.3. The summed E-state index contributed by atoms with van der Waals surface area (Å²) in [6, 6.07) is 0. The molecular formula is C10H18N2O3S2. The fraction of sp³-hybridized carbons (Fsp3) is 0.800. The van der Waals surface area contributed by atoms with Gasteiger partial charge in [-0.2, -0.15) is 0 Å². The molecule has 0 aromatic heterocycles. The first kappa shape index (κ1) is 14.4. The molecule has 3 N–H and O–H groups in total. The average Bonchev–Trinajstić information content (AvgIpc) is 2.53. The predicted octanol–water partition coefficient (Wildman–Crippen LogP) is -0.00790. The van der Waals surface area contributed by atoms with Crippen molar-refractivity contribution in [2.45, 2.75) is 31.9 Å². The molecule has 0 aromatic rings. The van der Waals surface area contributed by atoms with Crippen molar-refractivity contribution < 1.29 is 13.2 Å². The summed E-state index contributed by atoms with van der Waals surface area (Å²) < 4.78 is 23.1. The van der Waals surface area contributed by atoms with Crippen molar-refractivity contribution in [3.8, 4) is 0 Å². The van der Waals surface area contributed by atoms with Gasteiger partial charge in [-0.25, -0.2) is 8.42 Å². The first-order valence-corrected chi connectivity index (χ1v) is 7.60. The number of nitrogens with two attached hydrogens (primary N) is 1. The Labute approximate surface area is 107 Å². The van der Waals surface area contributed by atoms with Crippen molar-refractivity contribution in [1.82, 2.24) is 5.32 Å². The van der Waals surface area contributed by atoms with Crippen LogP contribution in [0.25, 0.3) is 0 Å². The minimum Gasteiger partial charge on any atom is -0.392 e. The van der Waals surface area contributed by atoms with Gasteiger partial charge in [0.05, 0.1) is 21.4 Å². The predicted molar refractivity (Wildman–Crippen MR) is 70.4 cm³/mol. The molecule has 1 aliphatic heterocycles. The largest absolute Gasteiger partial charge is 0.392 e. The Morgan fingerprint density at radius 1 is 1.53 bits per heavy atom. The smallest absolute Gasteiger partial charge is 0.232 e. The van der Waals surface area contributed by atoms with Crippen molar-refractivity contribution in [3.05, 3.63) is 0 Å². The van der Waals surface area contributed by atoms with Crippen LogP contribution in [0.3, 0.4) is 0 Å². The molecule has 0 bridgehead atoms. The van der Waals surface area contributed by atoms with Crippen LogP contribution in [0.1, 0.15) is 26.7 Å². The van der Waals surface area contributed by atoms with Gasteiger partial charge in [-0.1, -0.05) is 12.2 Å². The van der Waals surface area contributed by atoms with Gasteiger partial charge >= 0.3 is 0 Å². The Kier molecular flexibility index (Phi) is 4.14. The highest BCUT2D eigenvalue weighted by atomic mass is 32.2. The molecule has 1 aliphatic rings. The van der Waals surface area contributed by atoms with Gasteiger partial charge in [0.1, 0.15) is 0 Å². The summed E-state index contributed by atoms with van der Waals surface area (Å²) in [5.41, 5.74) is 4.51. The number of sulfone groups is 1. The van der Waals surface area contributed by atoms with Crippen LogP contribution in [0.15, 0.2) is 0 Å². The molecule has 17 heavy (non-hydrogen) atoms. The van der Waals surface area contributed by atoms with Gasteiger partial charge in [0.15, 0.2) is 9.84 Å². The number of carbonyl (C=O) groups excluding carboxylic acids is 1. The minimum atomic E-state index is -3.03. The third kappa shape index (κ3) is 3.16. The number of amides is 1. The van der Waals surface area contributed by atoms with Crippen LogP contribution in [0, 0.1) is 5.41 Å². The second kappa shape index (κ2) is 4.89. The summed E-state index contributed by atoms with van der Waals surface area (Å²) >= 11 is 4.80. The maximum Gasteiger partial charge on any atom is 0.232 e. The summed E-state index contributed by atoms with van der Waals surface area (Å²) in [7, 11) is -3.03. The second-order valence-corrected chi connectivity index (χ2v) is 7.67. The Balaban J connectivity index is 2.58. The van der Waals surface area contributed by atoms with Crippen LogP contribution in [0.5, 0.6) is 0 Å². The number of hydrogen-bond acceptors (Lipinski definition) is 4. The number of rotatable bonds is 4. The van der Waals surface area contributed by atoms with Gasteiger partial charge < -0.3 is 11.1 Å². The second-order valence-electron chi connectivity index (χ2n) is 4.83. The van der Waals surface area contributed by atoms with E-state index in [0.29, 0.717) is 12.8 Å². The molecule has 1 fully saturated rings. The van der Waals surface area contributed by atoms with E-state index in [-0.39, 0.29) is 23.2 Å². The average molecular weight is 278 g/mol. The van der Waals surface area contributed by atoms with Gasteiger partial charge in [-0.3, -0.25) is 4.79 Å². The number of nitrogens with one attached hydrogen (secondary N) is 1. The van der Waals surface area contributed by atoms with Gasteiger partial charge in [-0.05, 0) is 26.7 Å². The summed E-state index contributed by atoms with van der Waals surface area (Å²) in [6.45, 7) is 3.38. The third-order valence-electron chi connectivity index (χ3n) is 3.14. The molecule has 1 rings (SSSR count). The fourth-order valence-corrected chi connectivity index (χ4v) is 3.48. The molecule has 0 aromatic carbocycles. The normalized spacial score (nSPS) is 23.3. The number of hydrogen-bond donors (Lipinski definition) is 2. The summed E-state index contributed by atoms with van der Waals surface area (Å²) in [6.07, 6.45) is 1.28. The Bertz CT molecular complexity index is 429. The molecule has 1 heterocycles. The van der Waals surface area contributed by atoms with Gasteiger partial charge in [0.2, 0.25) is 5.91 Å².